The first-order chi connectivity index (χ1) is 10.3. The fourth-order valence-corrected chi connectivity index (χ4v) is 2.89. The summed E-state index contributed by atoms with van der Waals surface area (Å²) in [5.41, 5.74) is 8.16. The topological polar surface area (TPSA) is 0 Å². The van der Waals surface area contributed by atoms with Gasteiger partial charge in [0.25, 0.3) is 0 Å². The second-order valence-electron chi connectivity index (χ2n) is 5.50. The Hall–Kier alpha value is -1.20. The molecule has 4 rings (SSSR count). The van der Waals surface area contributed by atoms with E-state index in [1.165, 1.54) is 33.4 Å². The van der Waals surface area contributed by atoms with Crippen LogP contribution in [0.4, 0.5) is 0 Å². The van der Waals surface area contributed by atoms with Crippen molar-refractivity contribution in [3.63, 3.8) is 0 Å². The van der Waals surface area contributed by atoms with Crippen LogP contribution in [0, 0.1) is 12.5 Å². The average Bonchev–Trinajstić information content (AvgIpc) is 3.15. The summed E-state index contributed by atoms with van der Waals surface area (Å²) in [5.74, 6) is 0. The van der Waals surface area contributed by atoms with Crippen molar-refractivity contribution in [1.29, 1.82) is 0 Å². The van der Waals surface area contributed by atoms with Crippen molar-refractivity contribution in [3.8, 4) is 11.1 Å². The molecule has 2 aliphatic rings. The summed E-state index contributed by atoms with van der Waals surface area (Å²) in [5, 5.41) is 0. The van der Waals surface area contributed by atoms with Crippen LogP contribution in [0.5, 0.6) is 0 Å². The van der Waals surface area contributed by atoms with Gasteiger partial charge in [0.1, 0.15) is 0 Å². The molecule has 108 valence electrons. The van der Waals surface area contributed by atoms with Crippen molar-refractivity contribution in [2.24, 2.45) is 0 Å². The molecule has 0 aromatic heterocycles. The first-order valence-electron chi connectivity index (χ1n) is 7.57. The van der Waals surface area contributed by atoms with E-state index in [9.17, 15) is 0 Å². The molecular weight excluding hydrogens is 343 g/mol. The predicted octanol–water partition coefficient (Wildman–Crippen LogP) is 5.63. The second kappa shape index (κ2) is 7.88. The monoisotopic (exact) mass is 362 g/mol. The molecule has 0 fully saturated rings. The summed E-state index contributed by atoms with van der Waals surface area (Å²) in [4.78, 5) is 0. The normalized spacial score (nSPS) is 13.5. The van der Waals surface area contributed by atoms with Crippen LogP contribution in [0.2, 0.25) is 0 Å². The molecular formula is C21H20Zr. The Labute approximate surface area is 153 Å². The van der Waals surface area contributed by atoms with Crippen LogP contribution < -0.4 is 0 Å². The molecule has 0 aliphatic heterocycles. The first kappa shape index (κ1) is 17.2. The van der Waals surface area contributed by atoms with Crippen LogP contribution >= 0.6 is 0 Å². The summed E-state index contributed by atoms with van der Waals surface area (Å²) in [6.45, 7) is 4.00. The van der Waals surface area contributed by atoms with Gasteiger partial charge in [-0.1, -0.05) is 47.5 Å². The Bertz CT molecular complexity index is 708. The number of hydrogen-bond acceptors (Lipinski definition) is 0. The smallest absolute Gasteiger partial charge is 0.335 e. The third-order valence-corrected chi connectivity index (χ3v) is 3.82. The van der Waals surface area contributed by atoms with Gasteiger partial charge in [-0.15, -0.1) is 41.0 Å². The van der Waals surface area contributed by atoms with Gasteiger partial charge < -0.3 is 6.42 Å². The number of allylic oxidation sites excluding steroid dienone is 4. The number of hydrogen-bond donors (Lipinski definition) is 0. The van der Waals surface area contributed by atoms with E-state index in [0.717, 1.165) is 12.8 Å². The third-order valence-electron chi connectivity index (χ3n) is 3.82. The fraction of sp³-hybridized carbons (Fsp3) is 0.190. The van der Waals surface area contributed by atoms with Crippen LogP contribution in [-0.2, 0) is 32.6 Å². The van der Waals surface area contributed by atoms with Gasteiger partial charge in [0.05, 0.1) is 0 Å². The van der Waals surface area contributed by atoms with Crippen molar-refractivity contribution >= 4 is 5.57 Å². The molecule has 0 nitrogen and oxygen atoms in total. The molecule has 0 amide bonds. The minimum Gasteiger partial charge on any atom is -0.335 e. The van der Waals surface area contributed by atoms with E-state index in [1.807, 2.05) is 20.3 Å². The van der Waals surface area contributed by atoms with Crippen LogP contribution in [0.3, 0.4) is 0 Å². The molecule has 22 heavy (non-hydrogen) atoms. The molecule has 2 aliphatic carbocycles. The zero-order chi connectivity index (χ0) is 14.7. The van der Waals surface area contributed by atoms with E-state index in [1.54, 1.807) is 0 Å². The van der Waals surface area contributed by atoms with Crippen molar-refractivity contribution in [2.45, 2.75) is 26.7 Å². The third kappa shape index (κ3) is 3.41. The van der Waals surface area contributed by atoms with Gasteiger partial charge >= 0.3 is 26.2 Å². The van der Waals surface area contributed by atoms with Crippen molar-refractivity contribution in [1.82, 2.24) is 0 Å². The van der Waals surface area contributed by atoms with E-state index in [2.05, 4.69) is 60.7 Å². The maximum atomic E-state index is 3.61. The molecule has 0 saturated heterocycles. The quantitative estimate of drug-likeness (QED) is 0.492. The van der Waals surface area contributed by atoms with Crippen molar-refractivity contribution < 1.29 is 26.2 Å². The molecule has 2 aromatic carbocycles. The molecule has 0 saturated carbocycles. The van der Waals surface area contributed by atoms with Crippen molar-refractivity contribution in [3.05, 3.63) is 83.8 Å². The summed E-state index contributed by atoms with van der Waals surface area (Å²) in [7, 11) is 0. The summed E-state index contributed by atoms with van der Waals surface area (Å²) < 4.78 is 0. The molecule has 0 bridgehead atoms. The second-order valence-corrected chi connectivity index (χ2v) is 5.50. The van der Waals surface area contributed by atoms with Gasteiger partial charge in [-0.2, -0.15) is 13.8 Å². The minimum atomic E-state index is 0. The van der Waals surface area contributed by atoms with Crippen LogP contribution in [0.15, 0.2) is 54.6 Å². The van der Waals surface area contributed by atoms with Crippen molar-refractivity contribution in [2.75, 3.05) is 0 Å². The van der Waals surface area contributed by atoms with Gasteiger partial charge in [0.2, 0.25) is 0 Å². The Kier molecular flexibility index (Phi) is 6.15. The van der Waals surface area contributed by atoms with Gasteiger partial charge in [0.15, 0.2) is 0 Å². The van der Waals surface area contributed by atoms with Gasteiger partial charge in [-0.3, -0.25) is 0 Å². The summed E-state index contributed by atoms with van der Waals surface area (Å²) in [6, 6.07) is 16.7. The SMILES string of the molecule is C[CH-]C.[Zr+2].[c-]1c(C2=CC=CC2)ccc2c1Cc1ccccc1-2. The van der Waals surface area contributed by atoms with E-state index < -0.39 is 0 Å². The van der Waals surface area contributed by atoms with Gasteiger partial charge in [0, 0.05) is 0 Å². The summed E-state index contributed by atoms with van der Waals surface area (Å²) >= 11 is 0. The predicted molar refractivity (Wildman–Crippen MR) is 90.9 cm³/mol. The fourth-order valence-electron chi connectivity index (χ4n) is 2.89. The Balaban J connectivity index is 0.000000411. The van der Waals surface area contributed by atoms with E-state index in [0.29, 0.717) is 0 Å². The average molecular weight is 364 g/mol. The largest absolute Gasteiger partial charge is 2.00 e. The molecule has 0 N–H and O–H groups in total. The van der Waals surface area contributed by atoms with E-state index >= 15 is 0 Å². The Morgan fingerprint density at radius 1 is 1.00 bits per heavy atom. The first-order valence-corrected chi connectivity index (χ1v) is 7.57. The van der Waals surface area contributed by atoms with E-state index in [4.69, 9.17) is 0 Å². The summed E-state index contributed by atoms with van der Waals surface area (Å²) in [6.07, 6.45) is 10.6. The molecule has 1 heteroatoms. The van der Waals surface area contributed by atoms with Gasteiger partial charge in [-0.25, -0.2) is 0 Å². The number of benzene rings is 2. The molecule has 0 atom stereocenters. The van der Waals surface area contributed by atoms with Crippen LogP contribution in [-0.4, -0.2) is 0 Å². The standard InChI is InChI=1S/C18H13.C3H7.Zr/c1-2-6-13(5-1)14-9-10-18-16(11-14)12-15-7-3-4-8-17(15)18;1-3-2;/h1-5,7-10H,6,12H2;3H,1-2H3;/q2*-1;+2. The zero-order valence-electron chi connectivity index (χ0n) is 13.2. The molecule has 0 unspecified atom stereocenters. The molecule has 2 aromatic rings. The Morgan fingerprint density at radius 3 is 2.50 bits per heavy atom. The number of rotatable bonds is 1. The maximum absolute atomic E-state index is 3.61. The van der Waals surface area contributed by atoms with Crippen LogP contribution in [0.1, 0.15) is 37.0 Å². The molecule has 0 radical (unpaired) electrons. The Morgan fingerprint density at radius 2 is 1.77 bits per heavy atom. The zero-order valence-corrected chi connectivity index (χ0v) is 15.6. The number of fused-ring (bicyclic) bond motifs is 3. The maximum Gasteiger partial charge on any atom is 2.00 e. The molecule has 0 spiro atoms. The van der Waals surface area contributed by atoms with Gasteiger partial charge in [-0.05, 0) is 18.4 Å². The van der Waals surface area contributed by atoms with Crippen LogP contribution in [0.25, 0.3) is 16.7 Å². The minimum absolute atomic E-state index is 0. The molecule has 0 heterocycles. The van der Waals surface area contributed by atoms with E-state index in [-0.39, 0.29) is 26.2 Å².